The maximum atomic E-state index is 6.43. The molecule has 2 aromatic rings. The molecule has 0 saturated carbocycles. The van der Waals surface area contributed by atoms with Crippen molar-refractivity contribution < 1.29 is 0 Å². The van der Waals surface area contributed by atoms with Crippen LogP contribution in [0, 0.1) is 0 Å². The molecule has 0 aliphatic heterocycles. The summed E-state index contributed by atoms with van der Waals surface area (Å²) in [5.74, 6) is 0. The van der Waals surface area contributed by atoms with Gasteiger partial charge in [-0.2, -0.15) is 5.10 Å². The molecule has 0 amide bonds. The molecule has 21 heavy (non-hydrogen) atoms. The first-order chi connectivity index (χ1) is 10.1. The lowest BCUT2D eigenvalue weighted by Gasteiger charge is -2.15. The molecule has 0 bridgehead atoms. The standard InChI is InChI=1S/C16H21BrClN3/c1-4-14-16(18)15(21(5-2)20-14)10-19-11(3)12-6-8-13(17)9-7-12/h6-9,11,19H,4-5,10H2,1-3H3/t11-/m1/s1. The Morgan fingerprint density at radius 3 is 2.52 bits per heavy atom. The summed E-state index contributed by atoms with van der Waals surface area (Å²) in [4.78, 5) is 0. The number of benzene rings is 1. The maximum absolute atomic E-state index is 6.43. The minimum atomic E-state index is 0.263. The molecule has 114 valence electrons. The van der Waals surface area contributed by atoms with Crippen molar-refractivity contribution in [3.8, 4) is 0 Å². The number of halogens is 2. The second-order valence-electron chi connectivity index (χ2n) is 5.03. The van der Waals surface area contributed by atoms with E-state index in [9.17, 15) is 0 Å². The molecule has 1 N–H and O–H groups in total. The Bertz CT molecular complexity index is 592. The van der Waals surface area contributed by atoms with E-state index in [1.807, 2.05) is 4.68 Å². The van der Waals surface area contributed by atoms with Crippen LogP contribution in [0.2, 0.25) is 5.02 Å². The lowest BCUT2D eigenvalue weighted by atomic mass is 10.1. The third-order valence-electron chi connectivity index (χ3n) is 3.64. The number of aromatic nitrogens is 2. The fraction of sp³-hybridized carbons (Fsp3) is 0.438. The molecule has 0 unspecified atom stereocenters. The summed E-state index contributed by atoms with van der Waals surface area (Å²) >= 11 is 9.89. The molecule has 1 aromatic heterocycles. The monoisotopic (exact) mass is 369 g/mol. The second kappa shape index (κ2) is 7.43. The number of nitrogens with one attached hydrogen (secondary N) is 1. The van der Waals surface area contributed by atoms with Crippen LogP contribution in [0.15, 0.2) is 28.7 Å². The fourth-order valence-corrected chi connectivity index (χ4v) is 2.91. The van der Waals surface area contributed by atoms with E-state index in [1.165, 1.54) is 5.56 Å². The average molecular weight is 371 g/mol. The number of nitrogens with zero attached hydrogens (tertiary/aromatic N) is 2. The van der Waals surface area contributed by atoms with Crippen LogP contribution in [-0.2, 0) is 19.5 Å². The lowest BCUT2D eigenvalue weighted by Crippen LogP contribution is -2.20. The SMILES string of the molecule is CCc1nn(CC)c(CN[C@H](C)c2ccc(Br)cc2)c1Cl. The van der Waals surface area contributed by atoms with Gasteiger partial charge in [0.1, 0.15) is 0 Å². The van der Waals surface area contributed by atoms with Gasteiger partial charge in [0, 0.05) is 23.6 Å². The van der Waals surface area contributed by atoms with Gasteiger partial charge in [-0.05, 0) is 38.0 Å². The molecule has 1 heterocycles. The lowest BCUT2D eigenvalue weighted by molar-refractivity contribution is 0.530. The van der Waals surface area contributed by atoms with Crippen LogP contribution in [0.25, 0.3) is 0 Å². The van der Waals surface area contributed by atoms with E-state index in [4.69, 9.17) is 11.6 Å². The van der Waals surface area contributed by atoms with E-state index in [0.717, 1.165) is 40.4 Å². The van der Waals surface area contributed by atoms with Crippen LogP contribution in [0.3, 0.4) is 0 Å². The minimum Gasteiger partial charge on any atom is -0.305 e. The Morgan fingerprint density at radius 1 is 1.29 bits per heavy atom. The van der Waals surface area contributed by atoms with E-state index >= 15 is 0 Å². The molecule has 0 saturated heterocycles. The van der Waals surface area contributed by atoms with Gasteiger partial charge in [-0.3, -0.25) is 4.68 Å². The Labute approximate surface area is 139 Å². The molecule has 0 aliphatic rings. The van der Waals surface area contributed by atoms with E-state index in [-0.39, 0.29) is 6.04 Å². The topological polar surface area (TPSA) is 29.9 Å². The highest BCUT2D eigenvalue weighted by atomic mass is 79.9. The quantitative estimate of drug-likeness (QED) is 0.796. The van der Waals surface area contributed by atoms with Crippen LogP contribution < -0.4 is 5.32 Å². The zero-order valence-electron chi connectivity index (χ0n) is 12.7. The highest BCUT2D eigenvalue weighted by molar-refractivity contribution is 9.10. The van der Waals surface area contributed by atoms with Gasteiger partial charge in [-0.1, -0.05) is 46.6 Å². The summed E-state index contributed by atoms with van der Waals surface area (Å²) in [7, 11) is 0. The van der Waals surface area contributed by atoms with E-state index < -0.39 is 0 Å². The molecule has 0 aliphatic carbocycles. The molecule has 1 aromatic carbocycles. The molecule has 2 rings (SSSR count). The number of aryl methyl sites for hydroxylation is 2. The molecular formula is C16H21BrClN3. The average Bonchev–Trinajstić information content (AvgIpc) is 2.81. The van der Waals surface area contributed by atoms with Crippen molar-refractivity contribution in [1.29, 1.82) is 0 Å². The molecule has 3 nitrogen and oxygen atoms in total. The normalized spacial score (nSPS) is 12.6. The van der Waals surface area contributed by atoms with Crippen molar-refractivity contribution in [2.75, 3.05) is 0 Å². The van der Waals surface area contributed by atoms with Crippen molar-refractivity contribution in [3.63, 3.8) is 0 Å². The largest absolute Gasteiger partial charge is 0.305 e. The molecule has 0 fully saturated rings. The zero-order chi connectivity index (χ0) is 15.4. The Kier molecular flexibility index (Phi) is 5.85. The summed E-state index contributed by atoms with van der Waals surface area (Å²) < 4.78 is 3.08. The summed E-state index contributed by atoms with van der Waals surface area (Å²) in [5.41, 5.74) is 3.30. The summed E-state index contributed by atoms with van der Waals surface area (Å²) in [6, 6.07) is 8.63. The van der Waals surface area contributed by atoms with Gasteiger partial charge in [0.15, 0.2) is 0 Å². The number of rotatable bonds is 6. The third-order valence-corrected chi connectivity index (χ3v) is 4.60. The van der Waals surface area contributed by atoms with Gasteiger partial charge >= 0.3 is 0 Å². The first-order valence-corrected chi connectivity index (χ1v) is 8.46. The van der Waals surface area contributed by atoms with Crippen molar-refractivity contribution >= 4 is 27.5 Å². The molecule has 0 radical (unpaired) electrons. The highest BCUT2D eigenvalue weighted by Gasteiger charge is 2.15. The summed E-state index contributed by atoms with van der Waals surface area (Å²) in [6.45, 7) is 7.88. The van der Waals surface area contributed by atoms with Crippen molar-refractivity contribution in [2.45, 2.75) is 46.3 Å². The minimum absolute atomic E-state index is 0.263. The Hall–Kier alpha value is -0.840. The maximum Gasteiger partial charge on any atom is 0.0863 e. The van der Waals surface area contributed by atoms with Crippen LogP contribution in [0.1, 0.15) is 43.8 Å². The van der Waals surface area contributed by atoms with Crippen LogP contribution in [0.5, 0.6) is 0 Å². The zero-order valence-corrected chi connectivity index (χ0v) is 15.0. The summed E-state index contributed by atoms with van der Waals surface area (Å²) in [5, 5.41) is 8.88. The first kappa shape index (κ1) is 16.5. The van der Waals surface area contributed by atoms with Crippen molar-refractivity contribution in [3.05, 3.63) is 50.7 Å². The fourth-order valence-electron chi connectivity index (χ4n) is 2.31. The van der Waals surface area contributed by atoms with Crippen molar-refractivity contribution in [2.24, 2.45) is 0 Å². The second-order valence-corrected chi connectivity index (χ2v) is 6.32. The van der Waals surface area contributed by atoms with Gasteiger partial charge < -0.3 is 5.32 Å². The predicted octanol–water partition coefficient (Wildman–Crippen LogP) is 4.73. The Balaban J connectivity index is 2.09. The predicted molar refractivity (Wildman–Crippen MR) is 91.7 cm³/mol. The van der Waals surface area contributed by atoms with Gasteiger partial charge in [-0.15, -0.1) is 0 Å². The van der Waals surface area contributed by atoms with Crippen LogP contribution in [-0.4, -0.2) is 9.78 Å². The highest BCUT2D eigenvalue weighted by Crippen LogP contribution is 2.23. The summed E-state index contributed by atoms with van der Waals surface area (Å²) in [6.07, 6.45) is 0.862. The Morgan fingerprint density at radius 2 is 1.95 bits per heavy atom. The number of hydrogen-bond donors (Lipinski definition) is 1. The molecular weight excluding hydrogens is 350 g/mol. The van der Waals surface area contributed by atoms with Crippen LogP contribution in [0.4, 0.5) is 0 Å². The molecule has 5 heteroatoms. The van der Waals surface area contributed by atoms with Gasteiger partial charge in [0.05, 0.1) is 16.4 Å². The van der Waals surface area contributed by atoms with E-state index in [2.05, 4.69) is 71.4 Å². The third kappa shape index (κ3) is 3.87. The molecule has 1 atom stereocenters. The first-order valence-electron chi connectivity index (χ1n) is 7.29. The van der Waals surface area contributed by atoms with Gasteiger partial charge in [-0.25, -0.2) is 0 Å². The van der Waals surface area contributed by atoms with E-state index in [1.54, 1.807) is 0 Å². The molecule has 0 spiro atoms. The van der Waals surface area contributed by atoms with Crippen LogP contribution >= 0.6 is 27.5 Å². The van der Waals surface area contributed by atoms with Gasteiger partial charge in [0.2, 0.25) is 0 Å². The van der Waals surface area contributed by atoms with E-state index in [0.29, 0.717) is 0 Å². The van der Waals surface area contributed by atoms with Crippen molar-refractivity contribution in [1.82, 2.24) is 15.1 Å². The number of hydrogen-bond acceptors (Lipinski definition) is 2. The smallest absolute Gasteiger partial charge is 0.0863 e. The van der Waals surface area contributed by atoms with Gasteiger partial charge in [0.25, 0.3) is 0 Å².